The van der Waals surface area contributed by atoms with E-state index in [9.17, 15) is 0 Å². The van der Waals surface area contributed by atoms with Crippen molar-refractivity contribution in [3.63, 3.8) is 0 Å². The number of hydrogen-bond donors (Lipinski definition) is 1. The SMILES string of the molecule is CC(C)(C)N(CCCCO)Cc1ccccc1. The van der Waals surface area contributed by atoms with E-state index in [4.69, 9.17) is 5.11 Å². The van der Waals surface area contributed by atoms with Crippen LogP contribution in [0, 0.1) is 0 Å². The van der Waals surface area contributed by atoms with Crippen LogP contribution >= 0.6 is 0 Å². The Kier molecular flexibility index (Phi) is 5.66. The van der Waals surface area contributed by atoms with Crippen molar-refractivity contribution in [3.8, 4) is 0 Å². The minimum absolute atomic E-state index is 0.172. The molecule has 0 unspecified atom stereocenters. The second-order valence-corrected chi connectivity index (χ2v) is 5.51. The van der Waals surface area contributed by atoms with E-state index < -0.39 is 0 Å². The number of benzene rings is 1. The maximum Gasteiger partial charge on any atom is 0.0431 e. The van der Waals surface area contributed by atoms with E-state index in [1.165, 1.54) is 5.56 Å². The fraction of sp³-hybridized carbons (Fsp3) is 0.600. The maximum atomic E-state index is 8.85. The number of aliphatic hydroxyl groups excluding tert-OH is 1. The summed E-state index contributed by atoms with van der Waals surface area (Å²) in [5.74, 6) is 0. The summed E-state index contributed by atoms with van der Waals surface area (Å²) < 4.78 is 0. The van der Waals surface area contributed by atoms with Gasteiger partial charge in [-0.25, -0.2) is 0 Å². The molecule has 0 saturated heterocycles. The molecule has 1 rings (SSSR count). The Morgan fingerprint density at radius 2 is 1.71 bits per heavy atom. The lowest BCUT2D eigenvalue weighted by Crippen LogP contribution is -2.41. The molecule has 0 aliphatic carbocycles. The summed E-state index contributed by atoms with van der Waals surface area (Å²) in [7, 11) is 0. The first kappa shape index (κ1) is 14.2. The highest BCUT2D eigenvalue weighted by Crippen LogP contribution is 2.17. The summed E-state index contributed by atoms with van der Waals surface area (Å²) in [6, 6.07) is 10.6. The van der Waals surface area contributed by atoms with Crippen LogP contribution in [0.25, 0.3) is 0 Å². The number of unbranched alkanes of at least 4 members (excludes halogenated alkanes) is 1. The molecule has 0 heterocycles. The molecule has 2 heteroatoms. The average molecular weight is 235 g/mol. The van der Waals surface area contributed by atoms with E-state index in [-0.39, 0.29) is 5.54 Å². The molecule has 0 fully saturated rings. The zero-order chi connectivity index (χ0) is 12.7. The summed E-state index contributed by atoms with van der Waals surface area (Å²) in [5, 5.41) is 8.85. The van der Waals surface area contributed by atoms with Crippen LogP contribution in [0.15, 0.2) is 30.3 Å². The third-order valence-corrected chi connectivity index (χ3v) is 3.00. The molecule has 0 aliphatic rings. The molecule has 1 N–H and O–H groups in total. The predicted octanol–water partition coefficient (Wildman–Crippen LogP) is 3.06. The van der Waals surface area contributed by atoms with Crippen LogP contribution in [-0.4, -0.2) is 28.7 Å². The molecule has 0 aliphatic heterocycles. The van der Waals surface area contributed by atoms with Crippen molar-refractivity contribution >= 4 is 0 Å². The molecule has 0 aromatic heterocycles. The number of aliphatic hydroxyl groups is 1. The van der Waals surface area contributed by atoms with Crippen molar-refractivity contribution < 1.29 is 5.11 Å². The molecule has 0 spiro atoms. The number of rotatable bonds is 6. The van der Waals surface area contributed by atoms with Crippen LogP contribution in [0.3, 0.4) is 0 Å². The molecule has 1 aromatic rings. The van der Waals surface area contributed by atoms with Gasteiger partial charge in [-0.2, -0.15) is 0 Å². The molecular weight excluding hydrogens is 210 g/mol. The highest BCUT2D eigenvalue weighted by atomic mass is 16.2. The summed E-state index contributed by atoms with van der Waals surface area (Å²) in [6.07, 6.45) is 1.95. The summed E-state index contributed by atoms with van der Waals surface area (Å²) in [6.45, 7) is 9.05. The quantitative estimate of drug-likeness (QED) is 0.766. The van der Waals surface area contributed by atoms with Gasteiger partial charge in [-0.05, 0) is 45.7 Å². The van der Waals surface area contributed by atoms with E-state index in [1.807, 2.05) is 0 Å². The highest BCUT2D eigenvalue weighted by molar-refractivity contribution is 5.14. The van der Waals surface area contributed by atoms with E-state index in [0.29, 0.717) is 6.61 Å². The molecule has 96 valence electrons. The first-order valence-corrected chi connectivity index (χ1v) is 6.44. The van der Waals surface area contributed by atoms with Crippen LogP contribution in [0.5, 0.6) is 0 Å². The highest BCUT2D eigenvalue weighted by Gasteiger charge is 2.20. The molecule has 17 heavy (non-hydrogen) atoms. The molecule has 0 bridgehead atoms. The van der Waals surface area contributed by atoms with E-state index in [2.05, 4.69) is 56.0 Å². The average Bonchev–Trinajstić information content (AvgIpc) is 2.28. The third-order valence-electron chi connectivity index (χ3n) is 3.00. The van der Waals surface area contributed by atoms with Crippen molar-refractivity contribution in [3.05, 3.63) is 35.9 Å². The van der Waals surface area contributed by atoms with Gasteiger partial charge in [-0.1, -0.05) is 30.3 Å². The number of hydrogen-bond acceptors (Lipinski definition) is 2. The minimum Gasteiger partial charge on any atom is -0.396 e. The Labute approximate surface area is 105 Å². The van der Waals surface area contributed by atoms with Gasteiger partial charge in [0.25, 0.3) is 0 Å². The Bertz CT molecular complexity index is 302. The van der Waals surface area contributed by atoms with Gasteiger partial charge in [-0.15, -0.1) is 0 Å². The molecule has 0 atom stereocenters. The standard InChI is InChI=1S/C15H25NO/c1-15(2,3)16(11-7-8-12-17)13-14-9-5-4-6-10-14/h4-6,9-10,17H,7-8,11-13H2,1-3H3. The van der Waals surface area contributed by atoms with E-state index in [0.717, 1.165) is 25.9 Å². The van der Waals surface area contributed by atoms with Crippen LogP contribution < -0.4 is 0 Å². The molecule has 0 amide bonds. The van der Waals surface area contributed by atoms with Gasteiger partial charge < -0.3 is 5.11 Å². The van der Waals surface area contributed by atoms with E-state index >= 15 is 0 Å². The third kappa shape index (κ3) is 5.33. The lowest BCUT2D eigenvalue weighted by molar-refractivity contribution is 0.121. The van der Waals surface area contributed by atoms with Gasteiger partial charge in [0.15, 0.2) is 0 Å². The minimum atomic E-state index is 0.172. The fourth-order valence-electron chi connectivity index (χ4n) is 1.87. The van der Waals surface area contributed by atoms with Gasteiger partial charge in [0.2, 0.25) is 0 Å². The van der Waals surface area contributed by atoms with E-state index in [1.54, 1.807) is 0 Å². The Hall–Kier alpha value is -0.860. The van der Waals surface area contributed by atoms with Crippen molar-refractivity contribution in [1.29, 1.82) is 0 Å². The van der Waals surface area contributed by atoms with Crippen LogP contribution in [0.1, 0.15) is 39.2 Å². The predicted molar refractivity (Wildman–Crippen MR) is 72.9 cm³/mol. The molecule has 1 aromatic carbocycles. The van der Waals surface area contributed by atoms with Crippen molar-refractivity contribution in [2.24, 2.45) is 0 Å². The summed E-state index contributed by atoms with van der Waals surface area (Å²) in [5.41, 5.74) is 1.53. The molecular formula is C15H25NO. The van der Waals surface area contributed by atoms with Crippen molar-refractivity contribution in [2.45, 2.75) is 45.7 Å². The normalized spacial score (nSPS) is 12.1. The monoisotopic (exact) mass is 235 g/mol. The lowest BCUT2D eigenvalue weighted by atomic mass is 10.0. The first-order valence-electron chi connectivity index (χ1n) is 6.44. The maximum absolute atomic E-state index is 8.85. The largest absolute Gasteiger partial charge is 0.396 e. The van der Waals surface area contributed by atoms with Crippen LogP contribution in [0.4, 0.5) is 0 Å². The molecule has 0 radical (unpaired) electrons. The second kappa shape index (κ2) is 6.77. The fourth-order valence-corrected chi connectivity index (χ4v) is 1.87. The molecule has 2 nitrogen and oxygen atoms in total. The van der Waals surface area contributed by atoms with Crippen molar-refractivity contribution in [2.75, 3.05) is 13.2 Å². The van der Waals surface area contributed by atoms with Crippen LogP contribution in [0.2, 0.25) is 0 Å². The molecule has 0 saturated carbocycles. The van der Waals surface area contributed by atoms with Gasteiger partial charge in [0.05, 0.1) is 0 Å². The second-order valence-electron chi connectivity index (χ2n) is 5.51. The zero-order valence-corrected chi connectivity index (χ0v) is 11.3. The Morgan fingerprint density at radius 3 is 2.24 bits per heavy atom. The topological polar surface area (TPSA) is 23.5 Å². The lowest BCUT2D eigenvalue weighted by Gasteiger charge is -2.35. The van der Waals surface area contributed by atoms with Crippen molar-refractivity contribution in [1.82, 2.24) is 4.90 Å². The van der Waals surface area contributed by atoms with Crippen LogP contribution in [-0.2, 0) is 6.54 Å². The first-order chi connectivity index (χ1) is 8.04. The summed E-state index contributed by atoms with van der Waals surface area (Å²) in [4.78, 5) is 2.47. The zero-order valence-electron chi connectivity index (χ0n) is 11.3. The Morgan fingerprint density at radius 1 is 1.06 bits per heavy atom. The Balaban J connectivity index is 2.58. The summed E-state index contributed by atoms with van der Waals surface area (Å²) >= 11 is 0. The van der Waals surface area contributed by atoms with Gasteiger partial charge in [0.1, 0.15) is 0 Å². The van der Waals surface area contributed by atoms with Gasteiger partial charge in [0, 0.05) is 18.7 Å². The van der Waals surface area contributed by atoms with Gasteiger partial charge >= 0.3 is 0 Å². The van der Waals surface area contributed by atoms with Gasteiger partial charge in [-0.3, -0.25) is 4.90 Å². The smallest absolute Gasteiger partial charge is 0.0431 e. The number of nitrogens with zero attached hydrogens (tertiary/aromatic N) is 1.